The summed E-state index contributed by atoms with van der Waals surface area (Å²) in [4.78, 5) is 21.9. The Labute approximate surface area is 140 Å². The second-order valence-electron chi connectivity index (χ2n) is 5.91. The Bertz CT molecular complexity index is 699. The summed E-state index contributed by atoms with van der Waals surface area (Å²) in [7, 11) is 3.92. The number of anilines is 1. The van der Waals surface area contributed by atoms with Crippen LogP contribution in [-0.2, 0) is 4.74 Å². The fourth-order valence-electron chi connectivity index (χ4n) is 2.58. The summed E-state index contributed by atoms with van der Waals surface area (Å²) in [6.45, 7) is 3.71. The average Bonchev–Trinajstić information content (AvgIpc) is 3.01. The summed E-state index contributed by atoms with van der Waals surface area (Å²) < 4.78 is 5.85. The number of hydrogen-bond acceptors (Lipinski definition) is 5. The smallest absolute Gasteiger partial charge is 0.264 e. The van der Waals surface area contributed by atoms with Crippen molar-refractivity contribution in [3.63, 3.8) is 0 Å². The van der Waals surface area contributed by atoms with Crippen LogP contribution in [0.2, 0.25) is 0 Å². The van der Waals surface area contributed by atoms with E-state index in [-0.39, 0.29) is 12.0 Å². The van der Waals surface area contributed by atoms with Crippen molar-refractivity contribution < 1.29 is 9.53 Å². The first kappa shape index (κ1) is 16.0. The Morgan fingerprint density at radius 3 is 2.96 bits per heavy atom. The zero-order chi connectivity index (χ0) is 16.4. The molecule has 2 aromatic rings. The van der Waals surface area contributed by atoms with Gasteiger partial charge in [-0.2, -0.15) is 0 Å². The van der Waals surface area contributed by atoms with E-state index in [1.54, 1.807) is 0 Å². The van der Waals surface area contributed by atoms with Gasteiger partial charge in [-0.05, 0) is 36.1 Å². The van der Waals surface area contributed by atoms with E-state index in [0.29, 0.717) is 19.7 Å². The Morgan fingerprint density at radius 1 is 1.43 bits per heavy atom. The maximum Gasteiger partial charge on any atom is 0.264 e. The van der Waals surface area contributed by atoms with Crippen LogP contribution in [0.5, 0.6) is 0 Å². The Kier molecular flexibility index (Phi) is 4.63. The van der Waals surface area contributed by atoms with Gasteiger partial charge in [0.25, 0.3) is 5.91 Å². The lowest BCUT2D eigenvalue weighted by molar-refractivity contribution is -0.0245. The maximum absolute atomic E-state index is 12.6. The Morgan fingerprint density at radius 2 is 2.26 bits per heavy atom. The molecule has 1 amide bonds. The van der Waals surface area contributed by atoms with Crippen molar-refractivity contribution in [2.75, 3.05) is 38.7 Å². The molecule has 122 valence electrons. The number of rotatable bonds is 3. The zero-order valence-corrected chi connectivity index (χ0v) is 14.5. The molecular weight excluding hydrogens is 310 g/mol. The van der Waals surface area contributed by atoms with Crippen molar-refractivity contribution in [3.8, 4) is 0 Å². The van der Waals surface area contributed by atoms with Crippen LogP contribution in [0.1, 0.15) is 27.0 Å². The highest BCUT2D eigenvalue weighted by atomic mass is 32.1. The SMILES string of the molecule is Cc1csc(C(=O)N2CCOC(c3cccc(N(C)C)n3)C2)c1. The minimum atomic E-state index is -0.173. The lowest BCUT2D eigenvalue weighted by atomic mass is 10.1. The number of nitrogens with zero attached hydrogens (tertiary/aromatic N) is 3. The topological polar surface area (TPSA) is 45.7 Å². The van der Waals surface area contributed by atoms with Crippen LogP contribution in [0, 0.1) is 6.92 Å². The predicted molar refractivity (Wildman–Crippen MR) is 92.2 cm³/mol. The van der Waals surface area contributed by atoms with Crippen LogP contribution < -0.4 is 4.90 Å². The molecule has 0 bridgehead atoms. The van der Waals surface area contributed by atoms with Gasteiger partial charge in [0.15, 0.2) is 0 Å². The second-order valence-corrected chi connectivity index (χ2v) is 6.83. The number of morpholine rings is 1. The van der Waals surface area contributed by atoms with Crippen molar-refractivity contribution in [1.82, 2.24) is 9.88 Å². The predicted octanol–water partition coefficient (Wildman–Crippen LogP) is 2.73. The molecule has 0 aliphatic carbocycles. The van der Waals surface area contributed by atoms with Crippen molar-refractivity contribution in [2.24, 2.45) is 0 Å². The van der Waals surface area contributed by atoms with Crippen molar-refractivity contribution in [1.29, 1.82) is 0 Å². The molecule has 5 nitrogen and oxygen atoms in total. The largest absolute Gasteiger partial charge is 0.368 e. The molecule has 0 aromatic carbocycles. The van der Waals surface area contributed by atoms with Gasteiger partial charge >= 0.3 is 0 Å². The molecule has 3 rings (SSSR count). The van der Waals surface area contributed by atoms with E-state index in [0.717, 1.165) is 22.0 Å². The summed E-state index contributed by atoms with van der Waals surface area (Å²) in [6.07, 6.45) is -0.173. The van der Waals surface area contributed by atoms with Gasteiger partial charge in [-0.15, -0.1) is 11.3 Å². The van der Waals surface area contributed by atoms with Crippen molar-refractivity contribution in [2.45, 2.75) is 13.0 Å². The van der Waals surface area contributed by atoms with E-state index in [1.165, 1.54) is 11.3 Å². The minimum Gasteiger partial charge on any atom is -0.368 e. The fourth-order valence-corrected chi connectivity index (χ4v) is 3.44. The molecule has 23 heavy (non-hydrogen) atoms. The molecule has 2 aromatic heterocycles. The Balaban J connectivity index is 1.75. The van der Waals surface area contributed by atoms with Gasteiger partial charge in [0.2, 0.25) is 0 Å². The van der Waals surface area contributed by atoms with Gasteiger partial charge in [-0.3, -0.25) is 4.79 Å². The van der Waals surface area contributed by atoms with Crippen LogP contribution in [0.3, 0.4) is 0 Å². The average molecular weight is 331 g/mol. The molecule has 1 aliphatic rings. The number of ether oxygens (including phenoxy) is 1. The molecule has 0 N–H and O–H groups in total. The molecule has 0 spiro atoms. The third-order valence-electron chi connectivity index (χ3n) is 3.84. The number of carbonyl (C=O) groups is 1. The van der Waals surface area contributed by atoms with Gasteiger partial charge in [0.1, 0.15) is 11.9 Å². The van der Waals surface area contributed by atoms with E-state index in [2.05, 4.69) is 4.98 Å². The quantitative estimate of drug-likeness (QED) is 0.867. The van der Waals surface area contributed by atoms with Gasteiger partial charge in [0, 0.05) is 20.6 Å². The number of pyridine rings is 1. The number of hydrogen-bond donors (Lipinski definition) is 0. The van der Waals surface area contributed by atoms with Gasteiger partial charge < -0.3 is 14.5 Å². The third kappa shape index (κ3) is 3.54. The fraction of sp³-hybridized carbons (Fsp3) is 0.412. The van der Waals surface area contributed by atoms with E-state index in [1.807, 2.05) is 60.5 Å². The van der Waals surface area contributed by atoms with Gasteiger partial charge in [-0.1, -0.05) is 6.07 Å². The number of thiophene rings is 1. The highest BCUT2D eigenvalue weighted by molar-refractivity contribution is 7.12. The summed E-state index contributed by atoms with van der Waals surface area (Å²) in [5.41, 5.74) is 2.00. The standard InChI is InChI=1S/C17H21N3O2S/c1-12-9-15(23-11-12)17(21)20-7-8-22-14(10-20)13-5-4-6-16(18-13)19(2)3/h4-6,9,11,14H,7-8,10H2,1-3H3. The van der Waals surface area contributed by atoms with Gasteiger partial charge in [-0.25, -0.2) is 4.98 Å². The number of carbonyl (C=O) groups excluding carboxylic acids is 1. The summed E-state index contributed by atoms with van der Waals surface area (Å²) in [5, 5.41) is 2.01. The summed E-state index contributed by atoms with van der Waals surface area (Å²) in [6, 6.07) is 7.84. The highest BCUT2D eigenvalue weighted by Crippen LogP contribution is 2.25. The normalized spacial score (nSPS) is 18.0. The van der Waals surface area contributed by atoms with E-state index >= 15 is 0 Å². The molecule has 1 unspecified atom stereocenters. The maximum atomic E-state index is 12.6. The lowest BCUT2D eigenvalue weighted by Crippen LogP contribution is -2.42. The second kappa shape index (κ2) is 6.68. The molecule has 1 saturated heterocycles. The molecular formula is C17H21N3O2S. The summed E-state index contributed by atoms with van der Waals surface area (Å²) in [5.74, 6) is 0.976. The van der Waals surface area contributed by atoms with Crippen LogP contribution >= 0.6 is 11.3 Å². The van der Waals surface area contributed by atoms with Crippen molar-refractivity contribution >= 4 is 23.1 Å². The van der Waals surface area contributed by atoms with E-state index < -0.39 is 0 Å². The van der Waals surface area contributed by atoms with Gasteiger partial charge in [0.05, 0.1) is 23.7 Å². The first-order valence-corrected chi connectivity index (χ1v) is 8.53. The molecule has 0 radical (unpaired) electrons. The molecule has 1 aliphatic heterocycles. The molecule has 0 saturated carbocycles. The van der Waals surface area contributed by atoms with Crippen molar-refractivity contribution in [3.05, 3.63) is 45.8 Å². The lowest BCUT2D eigenvalue weighted by Gasteiger charge is -2.32. The molecule has 3 heterocycles. The molecule has 1 atom stereocenters. The number of aryl methyl sites for hydroxylation is 1. The molecule has 1 fully saturated rings. The molecule has 6 heteroatoms. The van der Waals surface area contributed by atoms with Crippen LogP contribution in [0.15, 0.2) is 29.6 Å². The minimum absolute atomic E-state index is 0.0835. The van der Waals surface area contributed by atoms with Crippen LogP contribution in [-0.4, -0.2) is 49.6 Å². The first-order valence-electron chi connectivity index (χ1n) is 7.65. The van der Waals surface area contributed by atoms with E-state index in [9.17, 15) is 4.79 Å². The Hall–Kier alpha value is -1.92. The zero-order valence-electron chi connectivity index (χ0n) is 13.7. The number of amides is 1. The van der Waals surface area contributed by atoms with E-state index in [4.69, 9.17) is 4.74 Å². The first-order chi connectivity index (χ1) is 11.0. The summed E-state index contributed by atoms with van der Waals surface area (Å²) >= 11 is 1.50. The van der Waals surface area contributed by atoms with Crippen LogP contribution in [0.4, 0.5) is 5.82 Å². The third-order valence-corrected chi connectivity index (χ3v) is 4.88. The number of aromatic nitrogens is 1. The highest BCUT2D eigenvalue weighted by Gasteiger charge is 2.27. The van der Waals surface area contributed by atoms with Crippen LogP contribution in [0.25, 0.3) is 0 Å². The monoisotopic (exact) mass is 331 g/mol.